The Hall–Kier alpha value is -3.82. The first-order valence-electron chi connectivity index (χ1n) is 18.4. The molecule has 0 bridgehead atoms. The van der Waals surface area contributed by atoms with Crippen LogP contribution in [0.2, 0.25) is 5.02 Å². The minimum atomic E-state index is -0.976. The summed E-state index contributed by atoms with van der Waals surface area (Å²) in [7, 11) is 1.63. The molecule has 0 aliphatic carbocycles. The highest BCUT2D eigenvalue weighted by molar-refractivity contribution is 6.30. The highest BCUT2D eigenvalue weighted by Gasteiger charge is 2.30. The van der Waals surface area contributed by atoms with Crippen molar-refractivity contribution >= 4 is 36.1 Å². The second kappa shape index (κ2) is 23.0. The molecule has 1 saturated heterocycles. The molecule has 1 atom stereocenters. The Bertz CT molecular complexity index is 1550. The molecule has 2 heterocycles. The highest BCUT2D eigenvalue weighted by atomic mass is 35.5. The largest absolute Gasteiger partial charge is 0.481 e. The normalized spacial score (nSPS) is 13.8. The Morgan fingerprint density at radius 3 is 2.15 bits per heavy atom. The zero-order valence-electron chi connectivity index (χ0n) is 33.1. The lowest BCUT2D eigenvalue weighted by molar-refractivity contribution is -0.137. The third-order valence-corrected chi connectivity index (χ3v) is 9.51. The number of carboxylic acids is 1. The SMILES string of the molecule is C=O.CC.CCCC1(C)CCN(c2cccc(C(=O)NCCC(C)C)n2)CC1.CN[C@@H](CC(=O)O)c1cc(-c2c(C)cc(Cl)cc2C)cc(C)c1F. The minimum absolute atomic E-state index is 0.0645. The number of aromatic nitrogens is 1. The van der Waals surface area contributed by atoms with Gasteiger partial charge in [0.25, 0.3) is 5.91 Å². The third kappa shape index (κ3) is 14.0. The van der Waals surface area contributed by atoms with Crippen LogP contribution in [-0.4, -0.2) is 55.4 Å². The lowest BCUT2D eigenvalue weighted by Crippen LogP contribution is -2.39. The number of pyridine rings is 1. The molecule has 3 aromatic rings. The molecule has 52 heavy (non-hydrogen) atoms. The fourth-order valence-corrected chi connectivity index (χ4v) is 6.85. The molecule has 8 nitrogen and oxygen atoms in total. The number of benzene rings is 2. The first kappa shape index (κ1) is 46.2. The van der Waals surface area contributed by atoms with E-state index >= 15 is 0 Å². The number of piperidine rings is 1. The number of nitrogens with one attached hydrogen (secondary N) is 2. The quantitative estimate of drug-likeness (QED) is 0.170. The van der Waals surface area contributed by atoms with Crippen molar-refractivity contribution in [3.63, 3.8) is 0 Å². The van der Waals surface area contributed by atoms with Crippen LogP contribution in [-0.2, 0) is 9.59 Å². The molecule has 1 aliphatic heterocycles. The van der Waals surface area contributed by atoms with Gasteiger partial charge in [-0.25, -0.2) is 9.37 Å². The Kier molecular flexibility index (Phi) is 20.4. The van der Waals surface area contributed by atoms with Gasteiger partial charge < -0.3 is 25.4 Å². The van der Waals surface area contributed by atoms with Crippen LogP contribution in [0.15, 0.2) is 42.5 Å². The number of carbonyl (C=O) groups excluding carboxylic acids is 2. The van der Waals surface area contributed by atoms with Crippen LogP contribution in [0.1, 0.15) is 119 Å². The number of aliphatic carboxylic acids is 1. The number of carboxylic acid groups (broad SMARTS) is 1. The summed E-state index contributed by atoms with van der Waals surface area (Å²) in [6.07, 6.45) is 5.76. The Balaban J connectivity index is 0.000000475. The molecule has 1 aliphatic rings. The van der Waals surface area contributed by atoms with Crippen molar-refractivity contribution in [3.05, 3.63) is 81.3 Å². The first-order chi connectivity index (χ1) is 24.7. The molecular weight excluding hydrogens is 679 g/mol. The summed E-state index contributed by atoms with van der Waals surface area (Å²) in [6, 6.07) is 12.4. The van der Waals surface area contributed by atoms with Gasteiger partial charge in [-0.1, -0.05) is 65.6 Å². The number of halogens is 2. The van der Waals surface area contributed by atoms with Crippen molar-refractivity contribution in [1.29, 1.82) is 0 Å². The number of amides is 1. The summed E-state index contributed by atoms with van der Waals surface area (Å²) < 4.78 is 14.6. The number of rotatable bonds is 12. The van der Waals surface area contributed by atoms with Gasteiger partial charge in [0.1, 0.15) is 24.1 Å². The lowest BCUT2D eigenvalue weighted by Gasteiger charge is -2.40. The number of hydrogen-bond donors (Lipinski definition) is 3. The van der Waals surface area contributed by atoms with Crippen LogP contribution in [0.3, 0.4) is 0 Å². The molecule has 1 aromatic heterocycles. The van der Waals surface area contributed by atoms with Crippen LogP contribution >= 0.6 is 11.6 Å². The Labute approximate surface area is 317 Å². The maximum atomic E-state index is 14.6. The van der Waals surface area contributed by atoms with Gasteiger partial charge in [-0.05, 0) is 129 Å². The zero-order chi connectivity index (χ0) is 39.6. The van der Waals surface area contributed by atoms with Crippen LogP contribution in [0.25, 0.3) is 11.1 Å². The van der Waals surface area contributed by atoms with Gasteiger partial charge >= 0.3 is 5.97 Å². The summed E-state index contributed by atoms with van der Waals surface area (Å²) in [5, 5.41) is 15.6. The predicted molar refractivity (Wildman–Crippen MR) is 214 cm³/mol. The number of hydrogen-bond acceptors (Lipinski definition) is 6. The minimum Gasteiger partial charge on any atom is -0.481 e. The summed E-state index contributed by atoms with van der Waals surface area (Å²) in [5.41, 5.74) is 5.70. The van der Waals surface area contributed by atoms with E-state index in [1.165, 1.54) is 25.7 Å². The van der Waals surface area contributed by atoms with Gasteiger partial charge in [0.2, 0.25) is 0 Å². The highest BCUT2D eigenvalue weighted by Crippen LogP contribution is 2.37. The monoisotopic (exact) mass is 740 g/mol. The van der Waals surface area contributed by atoms with Gasteiger partial charge in [0, 0.05) is 36.3 Å². The van der Waals surface area contributed by atoms with E-state index in [0.717, 1.165) is 47.6 Å². The van der Waals surface area contributed by atoms with Crippen molar-refractivity contribution in [1.82, 2.24) is 15.6 Å². The molecule has 1 amide bonds. The van der Waals surface area contributed by atoms with E-state index in [4.69, 9.17) is 21.5 Å². The van der Waals surface area contributed by atoms with E-state index in [1.807, 2.05) is 58.7 Å². The van der Waals surface area contributed by atoms with Crippen molar-refractivity contribution < 1.29 is 23.9 Å². The van der Waals surface area contributed by atoms with Crippen molar-refractivity contribution in [2.24, 2.45) is 11.3 Å². The smallest absolute Gasteiger partial charge is 0.305 e. The van der Waals surface area contributed by atoms with Gasteiger partial charge in [-0.3, -0.25) is 9.59 Å². The van der Waals surface area contributed by atoms with Gasteiger partial charge in [-0.2, -0.15) is 0 Å². The van der Waals surface area contributed by atoms with Crippen LogP contribution in [0.4, 0.5) is 10.2 Å². The molecule has 0 unspecified atom stereocenters. The molecular formula is C42H62ClFN4O4. The zero-order valence-corrected chi connectivity index (χ0v) is 33.8. The molecule has 1 fully saturated rings. The van der Waals surface area contributed by atoms with E-state index in [0.29, 0.717) is 39.7 Å². The summed E-state index contributed by atoms with van der Waals surface area (Å²) >= 11 is 6.09. The summed E-state index contributed by atoms with van der Waals surface area (Å²) in [5.74, 6) is 0.116. The maximum absolute atomic E-state index is 14.6. The fraction of sp³-hybridized carbons (Fsp3) is 0.524. The van der Waals surface area contributed by atoms with E-state index in [1.54, 1.807) is 32.2 Å². The third-order valence-electron chi connectivity index (χ3n) is 9.29. The second-order valence-corrected chi connectivity index (χ2v) is 14.4. The van der Waals surface area contributed by atoms with Crippen LogP contribution in [0, 0.1) is 37.9 Å². The van der Waals surface area contributed by atoms with E-state index in [2.05, 4.69) is 48.2 Å². The van der Waals surface area contributed by atoms with E-state index in [-0.39, 0.29) is 18.1 Å². The van der Waals surface area contributed by atoms with Gasteiger partial charge in [0.05, 0.1) is 6.42 Å². The first-order valence-corrected chi connectivity index (χ1v) is 18.8. The number of nitrogens with zero attached hydrogens (tertiary/aromatic N) is 2. The number of anilines is 1. The van der Waals surface area contributed by atoms with Crippen LogP contribution < -0.4 is 15.5 Å². The summed E-state index contributed by atoms with van der Waals surface area (Å²) in [4.78, 5) is 38.2. The predicted octanol–water partition coefficient (Wildman–Crippen LogP) is 9.91. The molecule has 3 N–H and O–H groups in total. The molecule has 10 heteroatoms. The van der Waals surface area contributed by atoms with Gasteiger partial charge in [-0.15, -0.1) is 0 Å². The van der Waals surface area contributed by atoms with E-state index < -0.39 is 12.0 Å². The van der Waals surface area contributed by atoms with Crippen molar-refractivity contribution in [2.75, 3.05) is 31.6 Å². The van der Waals surface area contributed by atoms with E-state index in [9.17, 15) is 14.0 Å². The topological polar surface area (TPSA) is 112 Å². The van der Waals surface area contributed by atoms with Crippen LogP contribution in [0.5, 0.6) is 0 Å². The number of aryl methyl sites for hydroxylation is 3. The molecule has 0 saturated carbocycles. The molecule has 0 spiro atoms. The average molecular weight is 741 g/mol. The average Bonchev–Trinajstić information content (AvgIpc) is 3.10. The molecule has 4 rings (SSSR count). The van der Waals surface area contributed by atoms with Gasteiger partial charge in [0.15, 0.2) is 0 Å². The Morgan fingerprint density at radius 1 is 1.04 bits per heavy atom. The molecule has 2 aromatic carbocycles. The van der Waals surface area contributed by atoms with Crippen molar-refractivity contribution in [3.8, 4) is 11.1 Å². The molecule has 0 radical (unpaired) electrons. The lowest BCUT2D eigenvalue weighted by atomic mass is 9.77. The fourth-order valence-electron chi connectivity index (χ4n) is 6.52. The Morgan fingerprint density at radius 2 is 1.63 bits per heavy atom. The number of carbonyl (C=O) groups is 3. The molecule has 288 valence electrons. The summed E-state index contributed by atoms with van der Waals surface area (Å²) in [6.45, 7) is 23.4. The standard InChI is InChI=1S/C20H33N3O.C19H21ClFNO2.C2H6.CH2O/c1-5-10-20(4)11-14-23(15-12-20)18-8-6-7-17(22-18)19(24)21-13-9-16(2)3;1-10-6-14(20)7-11(2)18(10)13-5-12(3)19(21)15(8-13)16(22-4)9-17(23)24;2*1-2/h6-8,16H,5,9-15H2,1-4H3,(H,21,24);5-8,16,22H,9H2,1-4H3,(H,23,24);1-2H3;1H2/t;16-;;/m.0../s1. The second-order valence-electron chi connectivity index (χ2n) is 13.9. The maximum Gasteiger partial charge on any atom is 0.305 e. The van der Waals surface area contributed by atoms with Crippen molar-refractivity contribution in [2.45, 2.75) is 107 Å².